The first-order valence-corrected chi connectivity index (χ1v) is 8.90. The fraction of sp³-hybridized carbons (Fsp3) is 0.200. The van der Waals surface area contributed by atoms with Crippen LogP contribution < -0.4 is 14.8 Å². The molecule has 0 aliphatic carbocycles. The van der Waals surface area contributed by atoms with Gasteiger partial charge in [-0.1, -0.05) is 30.3 Å². The van der Waals surface area contributed by atoms with Crippen molar-refractivity contribution in [3.05, 3.63) is 81.8 Å². The van der Waals surface area contributed by atoms with E-state index in [1.165, 1.54) is 10.9 Å². The highest BCUT2D eigenvalue weighted by molar-refractivity contribution is 7.09. The first kappa shape index (κ1) is 17.5. The topological polar surface area (TPSA) is 30.5 Å². The molecule has 130 valence electrons. The van der Waals surface area contributed by atoms with Gasteiger partial charge < -0.3 is 14.8 Å². The van der Waals surface area contributed by atoms with Gasteiger partial charge >= 0.3 is 0 Å². The lowest BCUT2D eigenvalue weighted by Gasteiger charge is -2.13. The van der Waals surface area contributed by atoms with Crippen molar-refractivity contribution in [3.8, 4) is 11.5 Å². The van der Waals surface area contributed by atoms with Crippen LogP contribution in [0, 0.1) is 5.82 Å². The van der Waals surface area contributed by atoms with Gasteiger partial charge in [0.2, 0.25) is 0 Å². The summed E-state index contributed by atoms with van der Waals surface area (Å²) in [5, 5.41) is 5.48. The summed E-state index contributed by atoms with van der Waals surface area (Å²) in [6.45, 7) is 1.74. The van der Waals surface area contributed by atoms with Crippen molar-refractivity contribution >= 4 is 11.3 Å². The maximum absolute atomic E-state index is 13.7. The lowest BCUT2D eigenvalue weighted by molar-refractivity contribution is 0.279. The average molecular weight is 357 g/mol. The first-order valence-electron chi connectivity index (χ1n) is 8.02. The second kappa shape index (κ2) is 8.65. The second-order valence-electron chi connectivity index (χ2n) is 5.55. The van der Waals surface area contributed by atoms with Crippen LogP contribution in [0.1, 0.15) is 16.0 Å². The summed E-state index contributed by atoms with van der Waals surface area (Å²) in [7, 11) is 1.61. The minimum absolute atomic E-state index is 0.166. The predicted molar refractivity (Wildman–Crippen MR) is 98.6 cm³/mol. The molecular weight excluding hydrogens is 337 g/mol. The molecule has 0 amide bonds. The Bertz CT molecular complexity index is 805. The monoisotopic (exact) mass is 357 g/mol. The van der Waals surface area contributed by atoms with Crippen molar-refractivity contribution in [2.45, 2.75) is 19.7 Å². The van der Waals surface area contributed by atoms with Gasteiger partial charge in [0.25, 0.3) is 0 Å². The summed E-state index contributed by atoms with van der Waals surface area (Å²) in [5.41, 5.74) is 1.62. The highest BCUT2D eigenvalue weighted by Crippen LogP contribution is 2.29. The Labute approximate surface area is 151 Å². The fourth-order valence-corrected chi connectivity index (χ4v) is 3.13. The summed E-state index contributed by atoms with van der Waals surface area (Å²) in [5.74, 6) is 0.982. The third-order valence-electron chi connectivity index (χ3n) is 3.78. The minimum Gasteiger partial charge on any atom is -0.493 e. The molecular formula is C20H20FNO2S. The normalized spacial score (nSPS) is 10.6. The Kier molecular flexibility index (Phi) is 6.04. The summed E-state index contributed by atoms with van der Waals surface area (Å²) >= 11 is 1.74. The summed E-state index contributed by atoms with van der Waals surface area (Å²) in [4.78, 5) is 1.30. The van der Waals surface area contributed by atoms with E-state index >= 15 is 0 Å². The molecule has 0 aliphatic heterocycles. The van der Waals surface area contributed by atoms with Crippen molar-refractivity contribution < 1.29 is 13.9 Å². The van der Waals surface area contributed by atoms with Gasteiger partial charge in [-0.3, -0.25) is 0 Å². The summed E-state index contributed by atoms with van der Waals surface area (Å²) < 4.78 is 24.8. The highest BCUT2D eigenvalue weighted by Gasteiger charge is 2.08. The summed E-state index contributed by atoms with van der Waals surface area (Å²) in [6, 6.07) is 16.5. The van der Waals surface area contributed by atoms with Gasteiger partial charge in [0, 0.05) is 23.5 Å². The predicted octanol–water partition coefficient (Wildman–Crippen LogP) is 4.76. The lowest BCUT2D eigenvalue weighted by Crippen LogP contribution is -2.11. The number of benzene rings is 2. The molecule has 1 heterocycles. The number of thiophene rings is 1. The third kappa shape index (κ3) is 4.81. The maximum Gasteiger partial charge on any atom is 0.161 e. The van der Waals surface area contributed by atoms with Crippen LogP contribution in [0.4, 0.5) is 4.39 Å². The van der Waals surface area contributed by atoms with Crippen LogP contribution in [0.2, 0.25) is 0 Å². The Morgan fingerprint density at radius 1 is 1.00 bits per heavy atom. The summed E-state index contributed by atoms with van der Waals surface area (Å²) in [6.07, 6.45) is 0. The molecule has 0 fully saturated rings. The van der Waals surface area contributed by atoms with Crippen molar-refractivity contribution in [1.29, 1.82) is 0 Å². The van der Waals surface area contributed by atoms with Crippen LogP contribution in [0.25, 0.3) is 0 Å². The minimum atomic E-state index is -0.268. The molecule has 0 spiro atoms. The van der Waals surface area contributed by atoms with Gasteiger partial charge in [0.1, 0.15) is 12.4 Å². The van der Waals surface area contributed by atoms with Crippen LogP contribution >= 0.6 is 11.3 Å². The Morgan fingerprint density at radius 3 is 2.64 bits per heavy atom. The van der Waals surface area contributed by atoms with Crippen LogP contribution in [0.5, 0.6) is 11.5 Å². The molecule has 1 aromatic heterocycles. The Morgan fingerprint density at radius 2 is 1.88 bits per heavy atom. The number of hydrogen-bond acceptors (Lipinski definition) is 4. The second-order valence-corrected chi connectivity index (χ2v) is 6.58. The van der Waals surface area contributed by atoms with Crippen LogP contribution in [0.3, 0.4) is 0 Å². The zero-order valence-electron chi connectivity index (χ0n) is 14.0. The van der Waals surface area contributed by atoms with E-state index in [9.17, 15) is 4.39 Å². The largest absolute Gasteiger partial charge is 0.493 e. The van der Waals surface area contributed by atoms with Crippen LogP contribution in [0.15, 0.2) is 60.0 Å². The molecule has 3 aromatic rings. The number of hydrogen-bond donors (Lipinski definition) is 1. The van der Waals surface area contributed by atoms with Gasteiger partial charge in [-0.15, -0.1) is 11.3 Å². The molecule has 0 aliphatic rings. The van der Waals surface area contributed by atoms with Gasteiger partial charge in [-0.2, -0.15) is 0 Å². The van der Waals surface area contributed by atoms with E-state index in [1.54, 1.807) is 36.6 Å². The molecule has 1 N–H and O–H groups in total. The molecule has 0 atom stereocenters. The number of halogens is 1. The van der Waals surface area contributed by atoms with E-state index in [2.05, 4.69) is 16.8 Å². The molecule has 5 heteroatoms. The number of ether oxygens (including phenoxy) is 2. The van der Waals surface area contributed by atoms with Crippen LogP contribution in [-0.2, 0) is 19.7 Å². The van der Waals surface area contributed by atoms with E-state index in [-0.39, 0.29) is 12.4 Å². The molecule has 0 saturated carbocycles. The number of methoxy groups -OCH3 is 1. The lowest BCUT2D eigenvalue weighted by atomic mass is 10.2. The van der Waals surface area contributed by atoms with Crippen molar-refractivity contribution in [3.63, 3.8) is 0 Å². The van der Waals surface area contributed by atoms with Crippen molar-refractivity contribution in [2.75, 3.05) is 7.11 Å². The molecule has 0 unspecified atom stereocenters. The van der Waals surface area contributed by atoms with Crippen LogP contribution in [-0.4, -0.2) is 7.11 Å². The Hall–Kier alpha value is -2.37. The number of nitrogens with one attached hydrogen (secondary N) is 1. The Balaban J connectivity index is 1.60. The SMILES string of the molecule is COc1cc(CNCc2cccs2)ccc1OCc1ccccc1F. The van der Waals surface area contributed by atoms with Gasteiger partial charge in [0.05, 0.1) is 7.11 Å². The highest BCUT2D eigenvalue weighted by atomic mass is 32.1. The fourth-order valence-electron chi connectivity index (χ4n) is 2.46. The van der Waals surface area contributed by atoms with E-state index < -0.39 is 0 Å². The van der Waals surface area contributed by atoms with E-state index in [4.69, 9.17) is 9.47 Å². The van der Waals surface area contributed by atoms with E-state index in [0.717, 1.165) is 18.7 Å². The van der Waals surface area contributed by atoms with Crippen molar-refractivity contribution in [2.24, 2.45) is 0 Å². The molecule has 25 heavy (non-hydrogen) atoms. The third-order valence-corrected chi connectivity index (χ3v) is 4.65. The first-order chi connectivity index (χ1) is 12.3. The molecule has 3 rings (SSSR count). The molecule has 2 aromatic carbocycles. The van der Waals surface area contributed by atoms with Gasteiger partial charge in [-0.25, -0.2) is 4.39 Å². The molecule has 0 radical (unpaired) electrons. The van der Waals surface area contributed by atoms with E-state index in [1.807, 2.05) is 24.3 Å². The zero-order valence-corrected chi connectivity index (χ0v) is 14.8. The maximum atomic E-state index is 13.7. The number of rotatable bonds is 8. The average Bonchev–Trinajstić information content (AvgIpc) is 3.15. The van der Waals surface area contributed by atoms with Gasteiger partial charge in [-0.05, 0) is 35.2 Å². The van der Waals surface area contributed by atoms with Gasteiger partial charge in [0.15, 0.2) is 11.5 Å². The smallest absolute Gasteiger partial charge is 0.161 e. The molecule has 3 nitrogen and oxygen atoms in total. The standard InChI is InChI=1S/C20H20FNO2S/c1-23-20-11-15(12-22-13-17-6-4-10-25-17)8-9-19(20)24-14-16-5-2-3-7-18(16)21/h2-11,22H,12-14H2,1H3. The van der Waals surface area contributed by atoms with Crippen molar-refractivity contribution in [1.82, 2.24) is 5.32 Å². The molecule has 0 bridgehead atoms. The quantitative estimate of drug-likeness (QED) is 0.630. The van der Waals surface area contributed by atoms with E-state index in [0.29, 0.717) is 17.1 Å². The zero-order chi connectivity index (χ0) is 17.5. The molecule has 0 saturated heterocycles.